The van der Waals surface area contributed by atoms with E-state index in [1.54, 1.807) is 24.3 Å². The zero-order valence-electron chi connectivity index (χ0n) is 7.98. The standard InChI is InChI=1S/C11H5ClN2OS/c12-11-14-6-9(16-11)10(15)8-3-1-2-7(4-8)5-13/h1-4,6H. The molecule has 2 rings (SSSR count). The predicted octanol–water partition coefficient (Wildman–Crippen LogP) is 2.90. The van der Waals surface area contributed by atoms with Gasteiger partial charge in [-0.1, -0.05) is 35.1 Å². The number of hydrogen-bond donors (Lipinski definition) is 0. The molecule has 0 amide bonds. The van der Waals surface area contributed by atoms with Gasteiger partial charge in [0.25, 0.3) is 0 Å². The molecule has 0 unspecified atom stereocenters. The summed E-state index contributed by atoms with van der Waals surface area (Å²) < 4.78 is 0.333. The summed E-state index contributed by atoms with van der Waals surface area (Å²) in [6.07, 6.45) is 1.44. The van der Waals surface area contributed by atoms with Gasteiger partial charge in [-0.25, -0.2) is 4.98 Å². The fourth-order valence-electron chi connectivity index (χ4n) is 1.23. The minimum atomic E-state index is -0.165. The largest absolute Gasteiger partial charge is 0.288 e. The number of ketones is 1. The highest BCUT2D eigenvalue weighted by atomic mass is 35.5. The summed E-state index contributed by atoms with van der Waals surface area (Å²) in [4.78, 5) is 16.2. The lowest BCUT2D eigenvalue weighted by Crippen LogP contribution is -1.98. The summed E-state index contributed by atoms with van der Waals surface area (Å²) in [7, 11) is 0. The van der Waals surface area contributed by atoms with Crippen LogP contribution in [0.1, 0.15) is 20.8 Å². The minimum absolute atomic E-state index is 0.165. The van der Waals surface area contributed by atoms with Gasteiger partial charge >= 0.3 is 0 Å². The first-order chi connectivity index (χ1) is 7.70. The first kappa shape index (κ1) is 10.8. The number of halogens is 1. The van der Waals surface area contributed by atoms with E-state index in [0.29, 0.717) is 20.5 Å². The molecule has 0 saturated carbocycles. The van der Waals surface area contributed by atoms with Crippen molar-refractivity contribution < 1.29 is 4.79 Å². The van der Waals surface area contributed by atoms with Crippen LogP contribution in [0.5, 0.6) is 0 Å². The molecule has 0 aliphatic rings. The second-order valence-electron chi connectivity index (χ2n) is 3.00. The van der Waals surface area contributed by atoms with E-state index in [2.05, 4.69) is 4.98 Å². The van der Waals surface area contributed by atoms with Crippen LogP contribution in [0.3, 0.4) is 0 Å². The SMILES string of the molecule is N#Cc1cccc(C(=O)c2cnc(Cl)s2)c1. The van der Waals surface area contributed by atoms with Crippen LogP contribution in [-0.4, -0.2) is 10.8 Å². The van der Waals surface area contributed by atoms with E-state index in [-0.39, 0.29) is 5.78 Å². The van der Waals surface area contributed by atoms with Gasteiger partial charge in [0.2, 0.25) is 5.78 Å². The van der Waals surface area contributed by atoms with Crippen molar-refractivity contribution in [3.05, 3.63) is 50.9 Å². The molecule has 0 aliphatic carbocycles. The summed E-state index contributed by atoms with van der Waals surface area (Å²) >= 11 is 6.78. The third-order valence-corrected chi connectivity index (χ3v) is 3.07. The Bertz CT molecular complexity index is 586. The highest BCUT2D eigenvalue weighted by Gasteiger charge is 2.12. The van der Waals surface area contributed by atoms with E-state index >= 15 is 0 Å². The summed E-state index contributed by atoms with van der Waals surface area (Å²) in [5, 5.41) is 8.73. The lowest BCUT2D eigenvalue weighted by molar-refractivity contribution is 0.104. The Hall–Kier alpha value is -1.70. The average Bonchev–Trinajstić information content (AvgIpc) is 2.75. The van der Waals surface area contributed by atoms with Gasteiger partial charge in [-0.2, -0.15) is 5.26 Å². The number of rotatable bonds is 2. The monoisotopic (exact) mass is 248 g/mol. The van der Waals surface area contributed by atoms with Gasteiger partial charge in [-0.15, -0.1) is 0 Å². The molecule has 0 bridgehead atoms. The number of hydrogen-bond acceptors (Lipinski definition) is 4. The number of aromatic nitrogens is 1. The Kier molecular flexibility index (Phi) is 3.00. The molecule has 1 heterocycles. The highest BCUT2D eigenvalue weighted by molar-refractivity contribution is 7.17. The molecule has 78 valence electrons. The van der Waals surface area contributed by atoms with Gasteiger partial charge in [0.05, 0.1) is 22.7 Å². The van der Waals surface area contributed by atoms with Gasteiger partial charge in [-0.3, -0.25) is 4.79 Å². The van der Waals surface area contributed by atoms with Crippen LogP contribution in [0.4, 0.5) is 0 Å². The maximum atomic E-state index is 11.9. The molecule has 5 heteroatoms. The maximum Gasteiger partial charge on any atom is 0.204 e. The van der Waals surface area contributed by atoms with Crippen LogP contribution in [0.2, 0.25) is 4.47 Å². The van der Waals surface area contributed by atoms with Crippen LogP contribution in [-0.2, 0) is 0 Å². The highest BCUT2D eigenvalue weighted by Crippen LogP contribution is 2.21. The Balaban J connectivity index is 2.38. The van der Waals surface area contributed by atoms with E-state index in [4.69, 9.17) is 16.9 Å². The molecule has 0 aliphatic heterocycles. The molecule has 0 atom stereocenters. The molecule has 1 aromatic heterocycles. The van der Waals surface area contributed by atoms with Crippen LogP contribution in [0.25, 0.3) is 0 Å². The van der Waals surface area contributed by atoms with Crippen LogP contribution < -0.4 is 0 Å². The molecule has 0 saturated heterocycles. The van der Waals surface area contributed by atoms with E-state index in [1.165, 1.54) is 6.20 Å². The second kappa shape index (κ2) is 4.44. The fraction of sp³-hybridized carbons (Fsp3) is 0. The molecule has 0 radical (unpaired) electrons. The maximum absolute atomic E-state index is 11.9. The van der Waals surface area contributed by atoms with E-state index in [0.717, 1.165) is 11.3 Å². The first-order valence-electron chi connectivity index (χ1n) is 4.37. The molecule has 0 N–H and O–H groups in total. The van der Waals surface area contributed by atoms with E-state index in [1.807, 2.05) is 6.07 Å². The average molecular weight is 249 g/mol. The van der Waals surface area contributed by atoms with Gasteiger partial charge in [0.1, 0.15) is 0 Å². The van der Waals surface area contributed by atoms with E-state index < -0.39 is 0 Å². The lowest BCUT2D eigenvalue weighted by Gasteiger charge is -1.97. The Morgan fingerprint density at radius 3 is 2.94 bits per heavy atom. The third kappa shape index (κ3) is 2.11. The first-order valence-corrected chi connectivity index (χ1v) is 5.56. The van der Waals surface area contributed by atoms with Crippen molar-refractivity contribution in [3.63, 3.8) is 0 Å². The fourth-order valence-corrected chi connectivity index (χ4v) is 2.13. The number of thiazole rings is 1. The smallest absolute Gasteiger partial charge is 0.204 e. The van der Waals surface area contributed by atoms with Gasteiger partial charge in [0, 0.05) is 5.56 Å². The Morgan fingerprint density at radius 2 is 2.31 bits per heavy atom. The summed E-state index contributed by atoms with van der Waals surface area (Å²) in [6.45, 7) is 0. The number of benzene rings is 1. The number of nitrogens with zero attached hydrogens (tertiary/aromatic N) is 2. The second-order valence-corrected chi connectivity index (χ2v) is 4.61. The lowest BCUT2D eigenvalue weighted by atomic mass is 10.1. The van der Waals surface area contributed by atoms with Crippen molar-refractivity contribution in [2.75, 3.05) is 0 Å². The Labute approximate surface area is 101 Å². The quantitative estimate of drug-likeness (QED) is 0.768. The third-order valence-electron chi connectivity index (χ3n) is 1.96. The van der Waals surface area contributed by atoms with Crippen molar-refractivity contribution in [2.45, 2.75) is 0 Å². The molecule has 0 spiro atoms. The van der Waals surface area contributed by atoms with Crippen LogP contribution in [0, 0.1) is 11.3 Å². The van der Waals surface area contributed by atoms with Gasteiger partial charge < -0.3 is 0 Å². The molecule has 0 fully saturated rings. The van der Waals surface area contributed by atoms with Crippen LogP contribution in [0.15, 0.2) is 30.5 Å². The topological polar surface area (TPSA) is 53.8 Å². The number of nitriles is 1. The summed E-state index contributed by atoms with van der Waals surface area (Å²) in [6, 6.07) is 8.53. The predicted molar refractivity (Wildman–Crippen MR) is 61.7 cm³/mol. The Morgan fingerprint density at radius 1 is 1.50 bits per heavy atom. The molecule has 16 heavy (non-hydrogen) atoms. The van der Waals surface area contributed by atoms with Gasteiger partial charge in [-0.05, 0) is 12.1 Å². The zero-order chi connectivity index (χ0) is 11.5. The summed E-state index contributed by atoms with van der Waals surface area (Å²) in [5.74, 6) is -0.165. The van der Waals surface area contributed by atoms with Gasteiger partial charge in [0.15, 0.2) is 4.47 Å². The summed E-state index contributed by atoms with van der Waals surface area (Å²) in [5.41, 5.74) is 0.931. The zero-order valence-corrected chi connectivity index (χ0v) is 9.55. The van der Waals surface area contributed by atoms with Crippen molar-refractivity contribution in [1.29, 1.82) is 5.26 Å². The van der Waals surface area contributed by atoms with E-state index in [9.17, 15) is 4.79 Å². The molecule has 3 nitrogen and oxygen atoms in total. The number of carbonyl (C=O) groups excluding carboxylic acids is 1. The molecular formula is C11H5ClN2OS. The van der Waals surface area contributed by atoms with Crippen LogP contribution >= 0.6 is 22.9 Å². The molecule has 1 aromatic carbocycles. The van der Waals surface area contributed by atoms with Crippen molar-refractivity contribution in [3.8, 4) is 6.07 Å². The molecular weight excluding hydrogens is 244 g/mol. The van der Waals surface area contributed by atoms with Crippen molar-refractivity contribution in [1.82, 2.24) is 4.98 Å². The minimum Gasteiger partial charge on any atom is -0.288 e. The number of carbonyl (C=O) groups is 1. The van der Waals surface area contributed by atoms with Crippen molar-refractivity contribution >= 4 is 28.7 Å². The van der Waals surface area contributed by atoms with Crippen molar-refractivity contribution in [2.24, 2.45) is 0 Å². The molecule has 2 aromatic rings. The normalized spacial score (nSPS) is 9.75.